The van der Waals surface area contributed by atoms with E-state index in [9.17, 15) is 4.79 Å². The highest BCUT2D eigenvalue weighted by atomic mass is 16.1. The lowest BCUT2D eigenvalue weighted by atomic mass is 9.90. The molecule has 142 valence electrons. The fourth-order valence-corrected chi connectivity index (χ4v) is 3.55. The summed E-state index contributed by atoms with van der Waals surface area (Å²) in [5.41, 5.74) is 9.79. The zero-order chi connectivity index (χ0) is 19.7. The van der Waals surface area contributed by atoms with Gasteiger partial charge < -0.3 is 5.73 Å². The average Bonchev–Trinajstić information content (AvgIpc) is 3.32. The van der Waals surface area contributed by atoms with Crippen molar-refractivity contribution in [1.29, 1.82) is 0 Å². The van der Waals surface area contributed by atoms with Crippen molar-refractivity contribution < 1.29 is 4.79 Å². The second-order valence-electron chi connectivity index (χ2n) is 6.67. The molecule has 1 atom stereocenters. The third-order valence-corrected chi connectivity index (χ3v) is 4.94. The Hall–Kier alpha value is -3.62. The number of aryl methyl sites for hydroxylation is 2. The molecule has 9 heteroatoms. The van der Waals surface area contributed by atoms with Crippen LogP contribution in [0.4, 0.5) is 0 Å². The lowest BCUT2D eigenvalue weighted by molar-refractivity contribution is 0.0997. The van der Waals surface area contributed by atoms with Crippen LogP contribution in [0.25, 0.3) is 10.9 Å². The monoisotopic (exact) mass is 376 g/mol. The molecule has 0 aliphatic rings. The van der Waals surface area contributed by atoms with E-state index < -0.39 is 5.91 Å². The number of hydrogen-bond acceptors (Lipinski definition) is 6. The summed E-state index contributed by atoms with van der Waals surface area (Å²) >= 11 is 0. The number of nitrogens with two attached hydrogens (primary N) is 1. The number of rotatable bonds is 6. The SMILES string of the molecule is CCc1cc(CC(c2ccncc2)c2nnnn2C)cc2c(C(N)=O)[nH]nc12. The first-order valence-corrected chi connectivity index (χ1v) is 9.00. The van der Waals surface area contributed by atoms with E-state index in [1.54, 1.807) is 17.1 Å². The van der Waals surface area contributed by atoms with E-state index in [2.05, 4.69) is 43.7 Å². The summed E-state index contributed by atoms with van der Waals surface area (Å²) in [6.45, 7) is 2.06. The number of primary amides is 1. The number of nitrogens with zero attached hydrogens (tertiary/aromatic N) is 6. The molecule has 0 fully saturated rings. The first-order valence-electron chi connectivity index (χ1n) is 9.00. The molecule has 0 saturated heterocycles. The molecule has 4 rings (SSSR count). The standard InChI is InChI=1S/C19H20N8O/c1-3-12-8-11(10-15-16(12)22-23-17(15)18(20)28)9-14(13-4-6-21-7-5-13)19-24-25-26-27(19)2/h4-8,10,14H,3,9H2,1-2H3,(H2,20,28)(H,22,23). The Bertz CT molecular complexity index is 1130. The van der Waals surface area contributed by atoms with Gasteiger partial charge in [0, 0.05) is 30.7 Å². The highest BCUT2D eigenvalue weighted by Crippen LogP contribution is 2.29. The van der Waals surface area contributed by atoms with Crippen LogP contribution in [-0.4, -0.2) is 41.3 Å². The van der Waals surface area contributed by atoms with Crippen LogP contribution in [0, 0.1) is 0 Å². The van der Waals surface area contributed by atoms with Gasteiger partial charge in [0.05, 0.1) is 5.52 Å². The topological polar surface area (TPSA) is 128 Å². The molecule has 1 unspecified atom stereocenters. The van der Waals surface area contributed by atoms with Gasteiger partial charge >= 0.3 is 0 Å². The van der Waals surface area contributed by atoms with Crippen molar-refractivity contribution >= 4 is 16.8 Å². The second-order valence-corrected chi connectivity index (χ2v) is 6.67. The van der Waals surface area contributed by atoms with E-state index in [0.717, 1.165) is 39.8 Å². The van der Waals surface area contributed by atoms with Gasteiger partial charge in [0.25, 0.3) is 5.91 Å². The van der Waals surface area contributed by atoms with Crippen molar-refractivity contribution in [3.05, 3.63) is 64.9 Å². The summed E-state index contributed by atoms with van der Waals surface area (Å²) in [6.07, 6.45) is 4.96. The molecular formula is C19H20N8O. The van der Waals surface area contributed by atoms with Crippen molar-refractivity contribution in [3.63, 3.8) is 0 Å². The minimum absolute atomic E-state index is 0.0610. The third-order valence-electron chi connectivity index (χ3n) is 4.94. The van der Waals surface area contributed by atoms with E-state index >= 15 is 0 Å². The van der Waals surface area contributed by atoms with Crippen molar-refractivity contribution in [3.8, 4) is 0 Å². The number of amides is 1. The van der Waals surface area contributed by atoms with Crippen LogP contribution in [0.3, 0.4) is 0 Å². The van der Waals surface area contributed by atoms with Gasteiger partial charge in [0.15, 0.2) is 5.82 Å². The molecule has 3 N–H and O–H groups in total. The van der Waals surface area contributed by atoms with Crippen LogP contribution in [0.1, 0.15) is 45.8 Å². The number of fused-ring (bicyclic) bond motifs is 1. The predicted molar refractivity (Wildman–Crippen MR) is 103 cm³/mol. The van der Waals surface area contributed by atoms with Gasteiger partial charge in [-0.2, -0.15) is 5.10 Å². The number of aromatic nitrogens is 7. The summed E-state index contributed by atoms with van der Waals surface area (Å²) in [6, 6.07) is 8.01. The number of pyridine rings is 1. The summed E-state index contributed by atoms with van der Waals surface area (Å²) < 4.78 is 1.68. The summed E-state index contributed by atoms with van der Waals surface area (Å²) in [5.74, 6) is 0.172. The van der Waals surface area contributed by atoms with Crippen LogP contribution in [-0.2, 0) is 19.9 Å². The number of carbonyl (C=O) groups excluding carboxylic acids is 1. The lowest BCUT2D eigenvalue weighted by Crippen LogP contribution is -2.13. The molecular weight excluding hydrogens is 356 g/mol. The smallest absolute Gasteiger partial charge is 0.267 e. The molecule has 4 aromatic rings. The average molecular weight is 376 g/mol. The van der Waals surface area contributed by atoms with Gasteiger partial charge in [0.1, 0.15) is 5.69 Å². The van der Waals surface area contributed by atoms with Crippen molar-refractivity contribution in [2.75, 3.05) is 0 Å². The van der Waals surface area contributed by atoms with E-state index in [-0.39, 0.29) is 5.92 Å². The van der Waals surface area contributed by atoms with Crippen LogP contribution in [0.5, 0.6) is 0 Å². The van der Waals surface area contributed by atoms with Gasteiger partial charge in [-0.15, -0.1) is 5.10 Å². The summed E-state index contributed by atoms with van der Waals surface area (Å²) in [4.78, 5) is 15.9. The number of benzene rings is 1. The van der Waals surface area contributed by atoms with Crippen LogP contribution >= 0.6 is 0 Å². The molecule has 0 radical (unpaired) electrons. The van der Waals surface area contributed by atoms with E-state index in [4.69, 9.17) is 5.73 Å². The van der Waals surface area contributed by atoms with Crippen molar-refractivity contribution in [2.24, 2.45) is 12.8 Å². The van der Waals surface area contributed by atoms with Crippen molar-refractivity contribution in [2.45, 2.75) is 25.7 Å². The van der Waals surface area contributed by atoms with Gasteiger partial charge in [-0.1, -0.05) is 13.0 Å². The Morgan fingerprint density at radius 3 is 2.71 bits per heavy atom. The number of carbonyl (C=O) groups is 1. The quantitative estimate of drug-likeness (QED) is 0.525. The molecule has 1 amide bonds. The first-order chi connectivity index (χ1) is 13.6. The zero-order valence-corrected chi connectivity index (χ0v) is 15.6. The van der Waals surface area contributed by atoms with E-state index in [1.165, 1.54) is 0 Å². The van der Waals surface area contributed by atoms with Gasteiger partial charge in [-0.05, 0) is 58.2 Å². The normalized spacial score (nSPS) is 12.4. The number of tetrazole rings is 1. The van der Waals surface area contributed by atoms with Crippen LogP contribution in [0.2, 0.25) is 0 Å². The first kappa shape index (κ1) is 17.8. The number of hydrogen-bond donors (Lipinski definition) is 2. The number of aromatic amines is 1. The maximum atomic E-state index is 11.8. The molecule has 0 aliphatic heterocycles. The Labute approximate surface area is 161 Å². The Morgan fingerprint density at radius 2 is 2.07 bits per heavy atom. The summed E-state index contributed by atoms with van der Waals surface area (Å²) in [5, 5.41) is 19.8. The fraction of sp³-hybridized carbons (Fsp3) is 0.263. The van der Waals surface area contributed by atoms with Gasteiger partial charge in [0.2, 0.25) is 0 Å². The molecule has 9 nitrogen and oxygen atoms in total. The minimum Gasteiger partial charge on any atom is -0.364 e. The highest BCUT2D eigenvalue weighted by Gasteiger charge is 2.22. The largest absolute Gasteiger partial charge is 0.364 e. The third kappa shape index (κ3) is 3.11. The minimum atomic E-state index is -0.523. The molecule has 1 aromatic carbocycles. The maximum Gasteiger partial charge on any atom is 0.267 e. The lowest BCUT2D eigenvalue weighted by Gasteiger charge is -2.16. The highest BCUT2D eigenvalue weighted by molar-refractivity contribution is 6.04. The molecule has 3 aromatic heterocycles. The van der Waals surface area contributed by atoms with E-state index in [1.807, 2.05) is 25.2 Å². The number of nitrogens with one attached hydrogen (secondary N) is 1. The molecule has 0 aliphatic carbocycles. The molecule has 3 heterocycles. The maximum absolute atomic E-state index is 11.8. The second kappa shape index (κ2) is 7.18. The van der Waals surface area contributed by atoms with Crippen molar-refractivity contribution in [1.82, 2.24) is 35.4 Å². The van der Waals surface area contributed by atoms with Gasteiger partial charge in [-0.25, -0.2) is 4.68 Å². The van der Waals surface area contributed by atoms with Gasteiger partial charge in [-0.3, -0.25) is 14.9 Å². The molecule has 0 bridgehead atoms. The Morgan fingerprint density at radius 1 is 1.29 bits per heavy atom. The zero-order valence-electron chi connectivity index (χ0n) is 15.6. The Balaban J connectivity index is 1.82. The number of H-pyrrole nitrogens is 1. The van der Waals surface area contributed by atoms with Crippen LogP contribution < -0.4 is 5.73 Å². The molecule has 0 saturated carbocycles. The molecule has 0 spiro atoms. The Kier molecular flexibility index (Phi) is 4.56. The van der Waals surface area contributed by atoms with E-state index in [0.29, 0.717) is 12.1 Å². The fourth-order valence-electron chi connectivity index (χ4n) is 3.55. The molecule has 28 heavy (non-hydrogen) atoms. The van der Waals surface area contributed by atoms with Crippen LogP contribution in [0.15, 0.2) is 36.7 Å². The summed E-state index contributed by atoms with van der Waals surface area (Å²) in [7, 11) is 1.82. The predicted octanol–water partition coefficient (Wildman–Crippen LogP) is 1.52.